The predicted octanol–water partition coefficient (Wildman–Crippen LogP) is 2.67. The van der Waals surface area contributed by atoms with E-state index >= 15 is 0 Å². The molecular formula is C11H20BrNOS. The van der Waals surface area contributed by atoms with Crippen LogP contribution in [0.4, 0.5) is 0 Å². The zero-order valence-corrected chi connectivity index (χ0v) is 11.7. The maximum absolute atomic E-state index is 11.6. The molecule has 1 amide bonds. The van der Waals surface area contributed by atoms with Crippen LogP contribution in [0.3, 0.4) is 0 Å². The minimum Gasteiger partial charge on any atom is -0.356 e. The average Bonchev–Trinajstić information content (AvgIpc) is 2.77. The van der Waals surface area contributed by atoms with Crippen LogP contribution < -0.4 is 5.32 Å². The van der Waals surface area contributed by atoms with Crippen molar-refractivity contribution < 1.29 is 4.79 Å². The highest BCUT2D eigenvalue weighted by molar-refractivity contribution is 9.09. The number of amides is 1. The van der Waals surface area contributed by atoms with Gasteiger partial charge in [-0.3, -0.25) is 4.79 Å². The zero-order valence-electron chi connectivity index (χ0n) is 9.30. The average molecular weight is 294 g/mol. The van der Waals surface area contributed by atoms with Gasteiger partial charge in [0.15, 0.2) is 0 Å². The van der Waals surface area contributed by atoms with Gasteiger partial charge in [0.25, 0.3) is 0 Å². The maximum atomic E-state index is 11.6. The zero-order chi connectivity index (χ0) is 11.1. The number of hydrogen-bond acceptors (Lipinski definition) is 2. The fraction of sp³-hybridized carbons (Fsp3) is 0.909. The summed E-state index contributed by atoms with van der Waals surface area (Å²) in [6.45, 7) is 3.07. The van der Waals surface area contributed by atoms with Crippen molar-refractivity contribution in [2.75, 3.05) is 23.4 Å². The van der Waals surface area contributed by atoms with Crippen LogP contribution in [-0.2, 0) is 4.79 Å². The summed E-state index contributed by atoms with van der Waals surface area (Å²) in [5.74, 6) is 3.43. The highest BCUT2D eigenvalue weighted by Gasteiger charge is 2.22. The Morgan fingerprint density at radius 1 is 1.67 bits per heavy atom. The van der Waals surface area contributed by atoms with Crippen LogP contribution in [0.25, 0.3) is 0 Å². The van der Waals surface area contributed by atoms with Gasteiger partial charge in [-0.2, -0.15) is 11.8 Å². The quantitative estimate of drug-likeness (QED) is 0.603. The third-order valence-corrected chi connectivity index (χ3v) is 5.00. The van der Waals surface area contributed by atoms with Gasteiger partial charge in [-0.05, 0) is 30.9 Å². The predicted molar refractivity (Wildman–Crippen MR) is 70.6 cm³/mol. The number of carbonyl (C=O) groups is 1. The van der Waals surface area contributed by atoms with E-state index in [0.717, 1.165) is 36.2 Å². The van der Waals surface area contributed by atoms with Gasteiger partial charge in [0.2, 0.25) is 5.91 Å². The molecule has 1 aliphatic heterocycles. The highest BCUT2D eigenvalue weighted by Crippen LogP contribution is 2.23. The van der Waals surface area contributed by atoms with Crippen LogP contribution in [0.15, 0.2) is 0 Å². The second-order valence-corrected chi connectivity index (χ2v) is 6.05. The standard InChI is InChI=1S/C11H20BrNOS/c1-9(7-12)3-2-5-13-11(14)10-4-6-15-8-10/h9-10H,2-8H2,1H3,(H,13,14). The summed E-state index contributed by atoms with van der Waals surface area (Å²) in [5.41, 5.74) is 0. The lowest BCUT2D eigenvalue weighted by atomic mass is 10.1. The summed E-state index contributed by atoms with van der Waals surface area (Å²) in [6, 6.07) is 0. The Bertz CT molecular complexity index is 195. The molecule has 0 spiro atoms. The van der Waals surface area contributed by atoms with Gasteiger partial charge in [-0.25, -0.2) is 0 Å². The summed E-state index contributed by atoms with van der Waals surface area (Å²) < 4.78 is 0. The molecule has 1 fully saturated rings. The summed E-state index contributed by atoms with van der Waals surface area (Å²) >= 11 is 5.35. The van der Waals surface area contributed by atoms with E-state index in [4.69, 9.17) is 0 Å². The molecular weight excluding hydrogens is 274 g/mol. The van der Waals surface area contributed by atoms with Crippen molar-refractivity contribution in [2.45, 2.75) is 26.2 Å². The Labute approximate surface area is 105 Å². The smallest absolute Gasteiger partial charge is 0.223 e. The van der Waals surface area contributed by atoms with Crippen molar-refractivity contribution >= 4 is 33.6 Å². The molecule has 0 aromatic rings. The van der Waals surface area contributed by atoms with Crippen molar-refractivity contribution in [1.29, 1.82) is 0 Å². The first kappa shape index (κ1) is 13.4. The Hall–Kier alpha value is 0.300. The van der Waals surface area contributed by atoms with Gasteiger partial charge in [0.05, 0.1) is 0 Å². The van der Waals surface area contributed by atoms with Gasteiger partial charge in [0.1, 0.15) is 0 Å². The molecule has 0 radical (unpaired) electrons. The minimum absolute atomic E-state index is 0.270. The highest BCUT2D eigenvalue weighted by atomic mass is 79.9. The molecule has 2 unspecified atom stereocenters. The number of nitrogens with one attached hydrogen (secondary N) is 1. The third kappa shape index (κ3) is 5.25. The molecule has 88 valence electrons. The molecule has 1 saturated heterocycles. The second-order valence-electron chi connectivity index (χ2n) is 4.25. The molecule has 4 heteroatoms. The molecule has 0 aromatic carbocycles. The molecule has 15 heavy (non-hydrogen) atoms. The minimum atomic E-state index is 0.270. The van der Waals surface area contributed by atoms with Gasteiger partial charge in [-0.1, -0.05) is 22.9 Å². The molecule has 1 heterocycles. The molecule has 0 bridgehead atoms. The number of carbonyl (C=O) groups excluding carboxylic acids is 1. The molecule has 0 aromatic heterocycles. The SMILES string of the molecule is CC(CBr)CCCNC(=O)C1CCSC1. The Morgan fingerprint density at radius 3 is 3.07 bits per heavy atom. The molecule has 2 atom stereocenters. The van der Waals surface area contributed by atoms with E-state index in [0.29, 0.717) is 5.92 Å². The molecule has 0 saturated carbocycles. The fourth-order valence-electron chi connectivity index (χ4n) is 1.62. The van der Waals surface area contributed by atoms with Crippen molar-refractivity contribution in [1.82, 2.24) is 5.32 Å². The van der Waals surface area contributed by atoms with E-state index < -0.39 is 0 Å². The van der Waals surface area contributed by atoms with E-state index in [1.807, 2.05) is 11.8 Å². The summed E-state index contributed by atoms with van der Waals surface area (Å²) in [6.07, 6.45) is 3.34. The van der Waals surface area contributed by atoms with Crippen molar-refractivity contribution in [3.63, 3.8) is 0 Å². The van der Waals surface area contributed by atoms with Crippen LogP contribution in [-0.4, -0.2) is 29.3 Å². The second kappa shape index (κ2) is 7.55. The molecule has 1 rings (SSSR count). The van der Waals surface area contributed by atoms with Crippen molar-refractivity contribution in [3.8, 4) is 0 Å². The van der Waals surface area contributed by atoms with E-state index in [2.05, 4.69) is 28.2 Å². The van der Waals surface area contributed by atoms with Crippen LogP contribution >= 0.6 is 27.7 Å². The first-order valence-corrected chi connectivity index (χ1v) is 7.93. The summed E-state index contributed by atoms with van der Waals surface area (Å²) in [7, 11) is 0. The van der Waals surface area contributed by atoms with Crippen molar-refractivity contribution in [2.24, 2.45) is 11.8 Å². The number of hydrogen-bond donors (Lipinski definition) is 1. The number of alkyl halides is 1. The van der Waals surface area contributed by atoms with Gasteiger partial charge < -0.3 is 5.32 Å². The third-order valence-electron chi connectivity index (χ3n) is 2.74. The first-order valence-electron chi connectivity index (χ1n) is 5.65. The normalized spacial score (nSPS) is 22.7. The Kier molecular flexibility index (Phi) is 6.73. The van der Waals surface area contributed by atoms with Gasteiger partial charge in [-0.15, -0.1) is 0 Å². The summed E-state index contributed by atoms with van der Waals surface area (Å²) in [5, 5.41) is 4.09. The van der Waals surface area contributed by atoms with Crippen LogP contribution in [0.1, 0.15) is 26.2 Å². The molecule has 2 nitrogen and oxygen atoms in total. The van der Waals surface area contributed by atoms with E-state index in [1.165, 1.54) is 6.42 Å². The summed E-state index contributed by atoms with van der Waals surface area (Å²) in [4.78, 5) is 11.6. The van der Waals surface area contributed by atoms with E-state index in [-0.39, 0.29) is 11.8 Å². The van der Waals surface area contributed by atoms with Gasteiger partial charge >= 0.3 is 0 Å². The van der Waals surface area contributed by atoms with Crippen LogP contribution in [0.2, 0.25) is 0 Å². The van der Waals surface area contributed by atoms with Crippen LogP contribution in [0, 0.1) is 11.8 Å². The Balaban J connectivity index is 2.01. The number of thioether (sulfide) groups is 1. The monoisotopic (exact) mass is 293 g/mol. The molecule has 0 aliphatic carbocycles. The van der Waals surface area contributed by atoms with E-state index in [9.17, 15) is 4.79 Å². The molecule has 1 aliphatic rings. The van der Waals surface area contributed by atoms with Gasteiger partial charge in [0, 0.05) is 23.5 Å². The largest absolute Gasteiger partial charge is 0.356 e. The van der Waals surface area contributed by atoms with Crippen molar-refractivity contribution in [3.05, 3.63) is 0 Å². The lowest BCUT2D eigenvalue weighted by Gasteiger charge is -2.11. The number of halogens is 1. The maximum Gasteiger partial charge on any atom is 0.223 e. The lowest BCUT2D eigenvalue weighted by Crippen LogP contribution is -2.31. The topological polar surface area (TPSA) is 29.1 Å². The first-order chi connectivity index (χ1) is 7.24. The van der Waals surface area contributed by atoms with Crippen LogP contribution in [0.5, 0.6) is 0 Å². The van der Waals surface area contributed by atoms with E-state index in [1.54, 1.807) is 0 Å². The Morgan fingerprint density at radius 2 is 2.47 bits per heavy atom. The fourth-order valence-corrected chi connectivity index (χ4v) is 3.17. The molecule has 1 N–H and O–H groups in total. The number of rotatable bonds is 6. The lowest BCUT2D eigenvalue weighted by molar-refractivity contribution is -0.124.